The van der Waals surface area contributed by atoms with Crippen LogP contribution >= 0.6 is 15.9 Å². The molecule has 4 nitrogen and oxygen atoms in total. The zero-order valence-electron chi connectivity index (χ0n) is 10.7. The van der Waals surface area contributed by atoms with E-state index in [0.717, 1.165) is 24.1 Å². The highest BCUT2D eigenvalue weighted by molar-refractivity contribution is 9.10. The Morgan fingerprint density at radius 1 is 1.28 bits per heavy atom. The molecule has 2 aromatic rings. The summed E-state index contributed by atoms with van der Waals surface area (Å²) >= 11 is 3.36. The molecule has 1 N–H and O–H groups in total. The first-order valence-electron chi connectivity index (χ1n) is 6.00. The van der Waals surface area contributed by atoms with Gasteiger partial charge in [-0.15, -0.1) is 0 Å². The lowest BCUT2D eigenvalue weighted by Crippen LogP contribution is -1.99. The molecule has 96 valence electrons. The van der Waals surface area contributed by atoms with Crippen LogP contribution in [0.4, 0.5) is 0 Å². The summed E-state index contributed by atoms with van der Waals surface area (Å²) in [6.07, 6.45) is 5.37. The second-order valence-corrected chi connectivity index (χ2v) is 5.00. The van der Waals surface area contributed by atoms with Crippen molar-refractivity contribution >= 4 is 27.3 Å². The van der Waals surface area contributed by atoms with Crippen LogP contribution in [-0.4, -0.2) is 19.5 Å². The van der Waals surface area contributed by atoms with Gasteiger partial charge in [0.2, 0.25) is 0 Å². The van der Waals surface area contributed by atoms with Gasteiger partial charge in [-0.05, 0) is 41.3 Å². The Kier molecular flexibility index (Phi) is 3.71. The number of allylic oxidation sites excluding steroid dienone is 1. The number of aliphatic hydroxyl groups excluding tert-OH is 1. The van der Waals surface area contributed by atoms with Crippen LogP contribution in [0.2, 0.25) is 0 Å². The largest absolute Gasteiger partial charge is 0.506 e. The minimum Gasteiger partial charge on any atom is -0.506 e. The smallest absolute Gasteiger partial charge is 0.167 e. The van der Waals surface area contributed by atoms with Gasteiger partial charge in [0.05, 0.1) is 5.69 Å². The standard InChI is InChI=1S/C13H16BrN3O/c1-4-9(5-2)12(18)11-13-15-8(3)6-17(13)7-10(14)16-11/h6-7,18H,4-5H2,1-3H3. The zero-order chi connectivity index (χ0) is 13.3. The third-order valence-electron chi connectivity index (χ3n) is 2.94. The zero-order valence-corrected chi connectivity index (χ0v) is 12.3. The van der Waals surface area contributed by atoms with E-state index < -0.39 is 0 Å². The monoisotopic (exact) mass is 309 g/mol. The first kappa shape index (κ1) is 13.1. The predicted molar refractivity (Wildman–Crippen MR) is 75.6 cm³/mol. The molecule has 0 amide bonds. The summed E-state index contributed by atoms with van der Waals surface area (Å²) < 4.78 is 2.56. The summed E-state index contributed by atoms with van der Waals surface area (Å²) in [5.74, 6) is 0.247. The van der Waals surface area contributed by atoms with Crippen LogP contribution in [-0.2, 0) is 0 Å². The molecule has 0 spiro atoms. The van der Waals surface area contributed by atoms with Gasteiger partial charge in [-0.3, -0.25) is 0 Å². The highest BCUT2D eigenvalue weighted by Gasteiger charge is 2.14. The van der Waals surface area contributed by atoms with Crippen molar-refractivity contribution in [3.63, 3.8) is 0 Å². The Balaban J connectivity index is 2.73. The summed E-state index contributed by atoms with van der Waals surface area (Å²) in [6, 6.07) is 0. The van der Waals surface area contributed by atoms with Crippen LogP contribution in [0.15, 0.2) is 22.6 Å². The molecule has 18 heavy (non-hydrogen) atoms. The molecule has 0 aromatic carbocycles. The van der Waals surface area contributed by atoms with Gasteiger partial charge in [0.15, 0.2) is 5.65 Å². The number of aromatic nitrogens is 3. The third kappa shape index (κ3) is 2.27. The molecule has 0 aliphatic heterocycles. The van der Waals surface area contributed by atoms with Gasteiger partial charge in [0.25, 0.3) is 0 Å². The first-order chi connectivity index (χ1) is 8.56. The lowest BCUT2D eigenvalue weighted by Gasteiger charge is -2.08. The quantitative estimate of drug-likeness (QED) is 0.875. The Bertz CT molecular complexity index is 610. The second-order valence-electron chi connectivity index (χ2n) is 4.18. The minimum atomic E-state index is 0.247. The molecule has 0 fully saturated rings. The van der Waals surface area contributed by atoms with Gasteiger partial charge in [-0.2, -0.15) is 0 Å². The highest BCUT2D eigenvalue weighted by atomic mass is 79.9. The number of hydrogen-bond donors (Lipinski definition) is 1. The number of hydrogen-bond acceptors (Lipinski definition) is 3. The fourth-order valence-electron chi connectivity index (χ4n) is 2.00. The third-order valence-corrected chi connectivity index (χ3v) is 3.32. The summed E-state index contributed by atoms with van der Waals surface area (Å²) in [6.45, 7) is 5.98. The highest BCUT2D eigenvalue weighted by Crippen LogP contribution is 2.24. The number of aliphatic hydroxyl groups is 1. The molecule has 0 saturated heterocycles. The van der Waals surface area contributed by atoms with Crippen molar-refractivity contribution in [3.8, 4) is 0 Å². The number of nitrogens with zero attached hydrogens (tertiary/aromatic N) is 3. The van der Waals surface area contributed by atoms with Crippen LogP contribution in [0, 0.1) is 6.92 Å². The molecular formula is C13H16BrN3O. The normalized spacial score (nSPS) is 10.9. The van der Waals surface area contributed by atoms with Crippen LogP contribution in [0.1, 0.15) is 38.1 Å². The number of imidazole rings is 1. The molecule has 0 aliphatic carbocycles. The van der Waals surface area contributed by atoms with E-state index in [1.807, 2.05) is 37.6 Å². The molecule has 2 rings (SSSR count). The number of fused-ring (bicyclic) bond motifs is 1. The van der Waals surface area contributed by atoms with Gasteiger partial charge >= 0.3 is 0 Å². The van der Waals surface area contributed by atoms with Gasteiger partial charge in [-0.1, -0.05) is 13.8 Å². The number of rotatable bonds is 3. The molecule has 5 heteroatoms. The maximum Gasteiger partial charge on any atom is 0.167 e. The number of halogens is 1. The van der Waals surface area contributed by atoms with E-state index in [-0.39, 0.29) is 5.76 Å². The van der Waals surface area contributed by atoms with Crippen molar-refractivity contribution in [2.45, 2.75) is 33.6 Å². The van der Waals surface area contributed by atoms with Gasteiger partial charge in [0, 0.05) is 12.4 Å². The van der Waals surface area contributed by atoms with Crippen LogP contribution in [0.5, 0.6) is 0 Å². The van der Waals surface area contributed by atoms with Crippen LogP contribution < -0.4 is 0 Å². The average molecular weight is 310 g/mol. The topological polar surface area (TPSA) is 50.4 Å². The Labute approximate surface area is 115 Å². The lowest BCUT2D eigenvalue weighted by molar-refractivity contribution is 0.499. The summed E-state index contributed by atoms with van der Waals surface area (Å²) in [5, 5.41) is 10.4. The summed E-state index contributed by atoms with van der Waals surface area (Å²) in [4.78, 5) is 8.77. The van der Waals surface area contributed by atoms with Gasteiger partial charge < -0.3 is 9.51 Å². The van der Waals surface area contributed by atoms with Crippen LogP contribution in [0.3, 0.4) is 0 Å². The first-order valence-corrected chi connectivity index (χ1v) is 6.79. The minimum absolute atomic E-state index is 0.247. The van der Waals surface area contributed by atoms with Crippen molar-refractivity contribution in [1.29, 1.82) is 0 Å². The van der Waals surface area contributed by atoms with E-state index >= 15 is 0 Å². The Morgan fingerprint density at radius 2 is 1.94 bits per heavy atom. The molecule has 2 heterocycles. The number of aryl methyl sites for hydroxylation is 1. The molecule has 0 radical (unpaired) electrons. The predicted octanol–water partition coefficient (Wildman–Crippen LogP) is 3.89. The van der Waals surface area contributed by atoms with E-state index in [0.29, 0.717) is 15.9 Å². The molecule has 2 aromatic heterocycles. The fourth-order valence-corrected chi connectivity index (χ4v) is 2.40. The van der Waals surface area contributed by atoms with E-state index in [1.54, 1.807) is 0 Å². The van der Waals surface area contributed by atoms with E-state index in [4.69, 9.17) is 0 Å². The van der Waals surface area contributed by atoms with Gasteiger partial charge in [-0.25, -0.2) is 9.97 Å². The Hall–Kier alpha value is -1.36. The van der Waals surface area contributed by atoms with Crippen LogP contribution in [0.25, 0.3) is 11.4 Å². The summed E-state index contributed by atoms with van der Waals surface area (Å²) in [5.41, 5.74) is 3.12. The van der Waals surface area contributed by atoms with Gasteiger partial charge in [0.1, 0.15) is 16.1 Å². The van der Waals surface area contributed by atoms with Crippen molar-refractivity contribution in [2.75, 3.05) is 0 Å². The van der Waals surface area contributed by atoms with E-state index in [2.05, 4.69) is 25.9 Å². The molecule has 0 bridgehead atoms. The Morgan fingerprint density at radius 3 is 2.56 bits per heavy atom. The molecule has 0 unspecified atom stereocenters. The molecule has 0 saturated carbocycles. The fraction of sp³-hybridized carbons (Fsp3) is 0.385. The lowest BCUT2D eigenvalue weighted by atomic mass is 10.1. The molecule has 0 atom stereocenters. The maximum atomic E-state index is 10.4. The SMILES string of the molecule is CCC(CC)=C(O)c1nc(Br)cn2cc(C)nc12. The maximum absolute atomic E-state index is 10.4. The molecule has 0 aliphatic rings. The van der Waals surface area contributed by atoms with Crippen molar-refractivity contribution < 1.29 is 5.11 Å². The van der Waals surface area contributed by atoms with E-state index in [9.17, 15) is 5.11 Å². The van der Waals surface area contributed by atoms with E-state index in [1.165, 1.54) is 0 Å². The summed E-state index contributed by atoms with van der Waals surface area (Å²) in [7, 11) is 0. The van der Waals surface area contributed by atoms with Crippen molar-refractivity contribution in [3.05, 3.63) is 34.0 Å². The average Bonchev–Trinajstić information content (AvgIpc) is 2.69. The second kappa shape index (κ2) is 5.10. The van der Waals surface area contributed by atoms with Crippen molar-refractivity contribution in [1.82, 2.24) is 14.4 Å². The molecular weight excluding hydrogens is 294 g/mol. The van der Waals surface area contributed by atoms with Crippen molar-refractivity contribution in [2.24, 2.45) is 0 Å².